The van der Waals surface area contributed by atoms with Crippen LogP contribution in [0.4, 0.5) is 5.69 Å². The first kappa shape index (κ1) is 18.9. The molecule has 132 valence electrons. The van der Waals surface area contributed by atoms with Crippen LogP contribution in [0.1, 0.15) is 36.7 Å². The molecule has 6 heteroatoms. The van der Waals surface area contributed by atoms with Crippen LogP contribution < -0.4 is 16.0 Å². The molecule has 2 rings (SSSR count). The molecule has 1 aromatic carbocycles. The van der Waals surface area contributed by atoms with Crippen LogP contribution in [0.5, 0.6) is 0 Å². The molecule has 1 atom stereocenters. The molecule has 25 heavy (non-hydrogen) atoms. The van der Waals surface area contributed by atoms with E-state index in [4.69, 9.17) is 12.2 Å². The maximum absolute atomic E-state index is 12.5. The lowest BCUT2D eigenvalue weighted by Crippen LogP contribution is -2.55. The fourth-order valence-electron chi connectivity index (χ4n) is 2.12. The molecule has 1 heterocycles. The number of carbonyl (C=O) groups excluding carboxylic acids is 1. The van der Waals surface area contributed by atoms with E-state index < -0.39 is 0 Å². The first-order chi connectivity index (χ1) is 11.8. The van der Waals surface area contributed by atoms with Crippen molar-refractivity contribution < 1.29 is 4.79 Å². The highest BCUT2D eigenvalue weighted by atomic mass is 32.1. The van der Waals surface area contributed by atoms with Gasteiger partial charge >= 0.3 is 0 Å². The molecular formula is C19H24N4OS. The number of carbonyl (C=O) groups is 1. The van der Waals surface area contributed by atoms with Crippen molar-refractivity contribution >= 4 is 28.9 Å². The second-order valence-corrected chi connectivity index (χ2v) is 7.39. The summed E-state index contributed by atoms with van der Waals surface area (Å²) in [6.45, 7) is 8.09. The van der Waals surface area contributed by atoms with E-state index in [0.717, 1.165) is 11.3 Å². The molecule has 0 unspecified atom stereocenters. The molecule has 0 aliphatic carbocycles. The monoisotopic (exact) mass is 356 g/mol. The normalized spacial score (nSPS) is 12.2. The molecule has 1 amide bonds. The third kappa shape index (κ3) is 5.83. The molecule has 0 bridgehead atoms. The van der Waals surface area contributed by atoms with Crippen molar-refractivity contribution in [2.24, 2.45) is 5.41 Å². The van der Waals surface area contributed by atoms with Crippen LogP contribution in [0.25, 0.3) is 0 Å². The summed E-state index contributed by atoms with van der Waals surface area (Å²) in [5.74, 6) is -0.142. The quantitative estimate of drug-likeness (QED) is 0.578. The highest BCUT2D eigenvalue weighted by molar-refractivity contribution is 7.80. The van der Waals surface area contributed by atoms with E-state index in [-0.39, 0.29) is 17.5 Å². The SMILES string of the molecule is Cc1ccc(C(=O)N[C@@H](NC(=S)Nc2cccnc2)C(C)(C)C)cc1. The molecule has 3 N–H and O–H groups in total. The Morgan fingerprint density at radius 1 is 1.12 bits per heavy atom. The van der Waals surface area contributed by atoms with E-state index in [1.807, 2.05) is 64.1 Å². The van der Waals surface area contributed by atoms with Crippen LogP contribution in [0.15, 0.2) is 48.8 Å². The van der Waals surface area contributed by atoms with Gasteiger partial charge in [-0.1, -0.05) is 38.5 Å². The lowest BCUT2D eigenvalue weighted by Gasteiger charge is -2.33. The second kappa shape index (κ2) is 8.07. The van der Waals surface area contributed by atoms with Crippen LogP contribution >= 0.6 is 12.2 Å². The number of thiocarbonyl (C=S) groups is 1. The van der Waals surface area contributed by atoms with Gasteiger partial charge in [0.25, 0.3) is 5.91 Å². The Kier molecular flexibility index (Phi) is 6.09. The van der Waals surface area contributed by atoms with E-state index in [0.29, 0.717) is 10.7 Å². The number of hydrogen-bond donors (Lipinski definition) is 3. The van der Waals surface area contributed by atoms with Crippen LogP contribution in [0, 0.1) is 12.3 Å². The minimum Gasteiger partial charge on any atom is -0.342 e. The van der Waals surface area contributed by atoms with Gasteiger partial charge in [-0.2, -0.15) is 0 Å². The van der Waals surface area contributed by atoms with E-state index >= 15 is 0 Å². The average Bonchev–Trinajstić information content (AvgIpc) is 2.54. The molecule has 2 aromatic rings. The van der Waals surface area contributed by atoms with E-state index in [9.17, 15) is 4.79 Å². The Labute approximate surface area is 154 Å². The van der Waals surface area contributed by atoms with Crippen molar-refractivity contribution in [2.75, 3.05) is 5.32 Å². The number of aryl methyl sites for hydroxylation is 1. The van der Waals surface area contributed by atoms with Gasteiger partial charge < -0.3 is 16.0 Å². The zero-order chi connectivity index (χ0) is 18.4. The summed E-state index contributed by atoms with van der Waals surface area (Å²) in [4.78, 5) is 16.6. The smallest absolute Gasteiger partial charge is 0.252 e. The molecule has 0 fully saturated rings. The minimum atomic E-state index is -0.335. The molecule has 0 saturated heterocycles. The highest BCUT2D eigenvalue weighted by Crippen LogP contribution is 2.18. The number of anilines is 1. The Balaban J connectivity index is 2.04. The maximum Gasteiger partial charge on any atom is 0.252 e. The summed E-state index contributed by atoms with van der Waals surface area (Å²) >= 11 is 5.37. The summed E-state index contributed by atoms with van der Waals surface area (Å²) in [6.07, 6.45) is 3.05. The number of nitrogens with zero attached hydrogens (tertiary/aromatic N) is 1. The van der Waals surface area contributed by atoms with Crippen molar-refractivity contribution in [1.29, 1.82) is 0 Å². The zero-order valence-corrected chi connectivity index (χ0v) is 15.8. The maximum atomic E-state index is 12.5. The summed E-state index contributed by atoms with van der Waals surface area (Å²) in [7, 11) is 0. The van der Waals surface area contributed by atoms with Gasteiger partial charge in [0.2, 0.25) is 0 Å². The minimum absolute atomic E-state index is 0.142. The molecule has 0 spiro atoms. The summed E-state index contributed by atoms with van der Waals surface area (Å²) in [6, 6.07) is 11.2. The predicted octanol–water partition coefficient (Wildman–Crippen LogP) is 3.48. The van der Waals surface area contributed by atoms with Crippen molar-refractivity contribution in [3.05, 3.63) is 59.9 Å². The Morgan fingerprint density at radius 3 is 2.36 bits per heavy atom. The average molecular weight is 356 g/mol. The Morgan fingerprint density at radius 2 is 1.80 bits per heavy atom. The number of nitrogens with one attached hydrogen (secondary N) is 3. The summed E-state index contributed by atoms with van der Waals surface area (Å²) < 4.78 is 0. The second-order valence-electron chi connectivity index (χ2n) is 6.98. The number of aromatic nitrogens is 1. The number of amides is 1. The Bertz CT molecular complexity index is 723. The summed E-state index contributed by atoms with van der Waals surface area (Å²) in [5, 5.41) is 9.69. The third-order valence-corrected chi connectivity index (χ3v) is 3.87. The topological polar surface area (TPSA) is 66.1 Å². The van der Waals surface area contributed by atoms with Gasteiger partial charge in [0.15, 0.2) is 5.11 Å². The first-order valence-electron chi connectivity index (χ1n) is 8.11. The van der Waals surface area contributed by atoms with E-state index in [1.54, 1.807) is 12.4 Å². The van der Waals surface area contributed by atoms with Crippen molar-refractivity contribution in [3.63, 3.8) is 0 Å². The third-order valence-electron chi connectivity index (χ3n) is 3.65. The number of hydrogen-bond acceptors (Lipinski definition) is 3. The van der Waals surface area contributed by atoms with E-state index in [1.165, 1.54) is 0 Å². The van der Waals surface area contributed by atoms with Gasteiger partial charge in [0.05, 0.1) is 11.9 Å². The fraction of sp³-hybridized carbons (Fsp3) is 0.316. The van der Waals surface area contributed by atoms with Crippen LogP contribution in [0.2, 0.25) is 0 Å². The number of benzene rings is 1. The van der Waals surface area contributed by atoms with Crippen molar-refractivity contribution in [3.8, 4) is 0 Å². The largest absolute Gasteiger partial charge is 0.342 e. The molecule has 0 saturated carbocycles. The summed E-state index contributed by atoms with van der Waals surface area (Å²) in [5.41, 5.74) is 2.29. The van der Waals surface area contributed by atoms with Crippen molar-refractivity contribution in [1.82, 2.24) is 15.6 Å². The van der Waals surface area contributed by atoms with Gasteiger partial charge in [0.1, 0.15) is 6.17 Å². The van der Waals surface area contributed by atoms with Crippen molar-refractivity contribution in [2.45, 2.75) is 33.9 Å². The lowest BCUT2D eigenvalue weighted by molar-refractivity contribution is 0.0895. The van der Waals surface area contributed by atoms with Crippen LogP contribution in [0.3, 0.4) is 0 Å². The van der Waals surface area contributed by atoms with Gasteiger partial charge in [-0.05, 0) is 43.4 Å². The number of rotatable bonds is 4. The molecule has 0 aliphatic rings. The zero-order valence-electron chi connectivity index (χ0n) is 15.0. The predicted molar refractivity (Wildman–Crippen MR) is 105 cm³/mol. The first-order valence-corrected chi connectivity index (χ1v) is 8.51. The fourth-order valence-corrected chi connectivity index (χ4v) is 2.36. The molecule has 0 radical (unpaired) electrons. The molecular weight excluding hydrogens is 332 g/mol. The molecule has 1 aromatic heterocycles. The molecule has 0 aliphatic heterocycles. The number of pyridine rings is 1. The van der Waals surface area contributed by atoms with Crippen LogP contribution in [-0.2, 0) is 0 Å². The van der Waals surface area contributed by atoms with Gasteiger partial charge in [-0.25, -0.2) is 0 Å². The van der Waals surface area contributed by atoms with Gasteiger partial charge in [0, 0.05) is 17.2 Å². The van der Waals surface area contributed by atoms with Crippen LogP contribution in [-0.4, -0.2) is 22.2 Å². The standard InChI is InChI=1S/C19H24N4OS/c1-13-7-9-14(10-8-13)16(24)22-17(19(2,3)4)23-18(25)21-15-6-5-11-20-12-15/h5-12,17H,1-4H3,(H,22,24)(H2,21,23,25)/t17-/m0/s1. The van der Waals surface area contributed by atoms with Gasteiger partial charge in [-0.3, -0.25) is 9.78 Å². The molecule has 5 nitrogen and oxygen atoms in total. The van der Waals surface area contributed by atoms with E-state index in [2.05, 4.69) is 20.9 Å². The Hall–Kier alpha value is -2.47. The lowest BCUT2D eigenvalue weighted by atomic mass is 9.92. The highest BCUT2D eigenvalue weighted by Gasteiger charge is 2.27. The van der Waals surface area contributed by atoms with Gasteiger partial charge in [-0.15, -0.1) is 0 Å².